The molecular weight excluding hydrogens is 322 g/mol. The van der Waals surface area contributed by atoms with Crippen LogP contribution >= 0.6 is 0 Å². The van der Waals surface area contributed by atoms with Gasteiger partial charge in [0.2, 0.25) is 0 Å². The summed E-state index contributed by atoms with van der Waals surface area (Å²) in [5.41, 5.74) is 5.55. The van der Waals surface area contributed by atoms with Gasteiger partial charge >= 0.3 is 15.2 Å². The van der Waals surface area contributed by atoms with E-state index in [1.54, 1.807) is 12.2 Å². The lowest BCUT2D eigenvalue weighted by Crippen LogP contribution is -2.07. The van der Waals surface area contributed by atoms with Crippen molar-refractivity contribution in [3.8, 4) is 11.1 Å². The van der Waals surface area contributed by atoms with Crippen LogP contribution in [0.4, 0.5) is 0 Å². The van der Waals surface area contributed by atoms with E-state index in [0.717, 1.165) is 44.3 Å². The number of aromatic nitrogens is 2. The minimum absolute atomic E-state index is 0.135. The number of fused-ring (bicyclic) bond motifs is 2. The van der Waals surface area contributed by atoms with Crippen molar-refractivity contribution in [3.05, 3.63) is 73.1 Å². The van der Waals surface area contributed by atoms with Crippen LogP contribution in [0.2, 0.25) is 0 Å². The molecule has 0 aliphatic carbocycles. The fraction of sp³-hybridized carbons (Fsp3) is 0. The predicted molar refractivity (Wildman–Crippen MR) is 113 cm³/mol. The molecule has 0 saturated heterocycles. The van der Waals surface area contributed by atoms with Crippen LogP contribution in [0.5, 0.6) is 0 Å². The number of rotatable bonds is 5. The third-order valence-electron chi connectivity index (χ3n) is 4.94. The van der Waals surface area contributed by atoms with Crippen LogP contribution in [-0.2, 0) is 0 Å². The van der Waals surface area contributed by atoms with E-state index in [4.69, 9.17) is 0 Å². The summed E-state index contributed by atoms with van der Waals surface area (Å²) in [5, 5.41) is 22.0. The molecule has 0 spiro atoms. The van der Waals surface area contributed by atoms with Gasteiger partial charge in [0.1, 0.15) is 0 Å². The Balaban J connectivity index is 2.25. The lowest BCUT2D eigenvalue weighted by Gasteiger charge is -2.07. The summed E-state index contributed by atoms with van der Waals surface area (Å²) in [4.78, 5) is 0. The van der Waals surface area contributed by atoms with Gasteiger partial charge in [-0.15, -0.1) is 0 Å². The van der Waals surface area contributed by atoms with E-state index >= 15 is 0 Å². The average Bonchev–Trinajstić information content (AvgIpc) is 3.18. The molecule has 2 aromatic heterocycles. The van der Waals surface area contributed by atoms with Gasteiger partial charge < -0.3 is 19.0 Å². The van der Waals surface area contributed by atoms with Gasteiger partial charge in [0.05, 0.1) is 0 Å². The van der Waals surface area contributed by atoms with Crippen LogP contribution in [0.25, 0.3) is 45.1 Å². The van der Waals surface area contributed by atoms with Gasteiger partial charge in [-0.25, -0.2) is 0 Å². The summed E-state index contributed by atoms with van der Waals surface area (Å²) >= 11 is 0. The molecule has 0 unspecified atom stereocenters. The van der Waals surface area contributed by atoms with Crippen LogP contribution in [0, 0.1) is 0 Å². The zero-order chi connectivity index (χ0) is 18.3. The molecule has 0 atom stereocenters. The highest BCUT2D eigenvalue weighted by molar-refractivity contribution is 6.31. The SMILES string of the molecule is C=Cc1c(-c2c(C=C)n(BO)c3ccccc23)c2ccccc2n1BO. The molecule has 6 heteroatoms. The minimum Gasteiger partial charge on any atom is -0.435 e. The zero-order valence-corrected chi connectivity index (χ0v) is 14.4. The van der Waals surface area contributed by atoms with Crippen molar-refractivity contribution in [1.29, 1.82) is 0 Å². The first-order chi connectivity index (χ1) is 12.8. The van der Waals surface area contributed by atoms with Crippen molar-refractivity contribution in [2.45, 2.75) is 0 Å². The molecular formula is C20H18B2N2O2. The largest absolute Gasteiger partial charge is 0.435 e. The van der Waals surface area contributed by atoms with Crippen molar-refractivity contribution in [3.63, 3.8) is 0 Å². The molecule has 0 saturated carbocycles. The van der Waals surface area contributed by atoms with E-state index < -0.39 is 0 Å². The van der Waals surface area contributed by atoms with Gasteiger partial charge in [-0.3, -0.25) is 0 Å². The predicted octanol–water partition coefficient (Wildman–Crippen LogP) is 2.76. The lowest BCUT2D eigenvalue weighted by molar-refractivity contribution is 0.590. The standard InChI is InChI=1S/C20H18B2N2O2/c1-3-15-19(13-9-5-7-11-17(13)23(15)21-25)20-14-10-6-8-12-18(14)24(22-26)16(20)4-2/h3-12,21-22,25-26H,1-2H2. The maximum Gasteiger partial charge on any atom is 0.398 e. The number of para-hydroxylation sites is 2. The molecule has 26 heavy (non-hydrogen) atoms. The number of nitrogens with zero attached hydrogens (tertiary/aromatic N) is 2. The first-order valence-corrected chi connectivity index (χ1v) is 8.46. The Hall–Kier alpha value is -2.95. The van der Waals surface area contributed by atoms with Crippen LogP contribution in [0.15, 0.2) is 61.7 Å². The molecule has 126 valence electrons. The van der Waals surface area contributed by atoms with Gasteiger partial charge in [0.25, 0.3) is 0 Å². The maximum absolute atomic E-state index is 9.95. The first kappa shape index (κ1) is 16.5. The second-order valence-corrected chi connectivity index (χ2v) is 6.10. The third-order valence-corrected chi connectivity index (χ3v) is 4.94. The van der Waals surface area contributed by atoms with E-state index in [1.165, 1.54) is 0 Å². The van der Waals surface area contributed by atoms with Gasteiger partial charge in [0, 0.05) is 44.3 Å². The molecule has 0 fully saturated rings. The third kappa shape index (κ3) is 2.13. The summed E-state index contributed by atoms with van der Waals surface area (Å²) in [6, 6.07) is 15.9. The van der Waals surface area contributed by atoms with Crippen LogP contribution in [0.3, 0.4) is 0 Å². The van der Waals surface area contributed by atoms with E-state index in [-0.39, 0.29) is 15.2 Å². The summed E-state index contributed by atoms with van der Waals surface area (Å²) in [6.45, 7) is 7.94. The molecule has 2 aromatic carbocycles. The highest BCUT2D eigenvalue weighted by atomic mass is 16.2. The number of hydrogen-bond donors (Lipinski definition) is 2. The lowest BCUT2D eigenvalue weighted by atomic mass is 9.98. The van der Waals surface area contributed by atoms with E-state index in [0.29, 0.717) is 0 Å². The minimum atomic E-state index is -0.135. The van der Waals surface area contributed by atoms with Gasteiger partial charge in [-0.1, -0.05) is 49.6 Å². The molecule has 0 bridgehead atoms. The van der Waals surface area contributed by atoms with E-state index in [2.05, 4.69) is 13.2 Å². The molecule has 0 aliphatic heterocycles. The topological polar surface area (TPSA) is 50.3 Å². The first-order valence-electron chi connectivity index (χ1n) is 8.46. The van der Waals surface area contributed by atoms with E-state index in [9.17, 15) is 10.0 Å². The molecule has 4 rings (SSSR count). The van der Waals surface area contributed by atoms with E-state index in [1.807, 2.05) is 57.5 Å². The average molecular weight is 340 g/mol. The smallest absolute Gasteiger partial charge is 0.398 e. The fourth-order valence-corrected chi connectivity index (χ4v) is 3.90. The highest BCUT2D eigenvalue weighted by Crippen LogP contribution is 2.42. The Morgan fingerprint density at radius 2 is 1.08 bits per heavy atom. The second-order valence-electron chi connectivity index (χ2n) is 6.10. The Morgan fingerprint density at radius 3 is 1.42 bits per heavy atom. The van der Waals surface area contributed by atoms with Gasteiger partial charge in [0.15, 0.2) is 0 Å². The Kier molecular flexibility index (Phi) is 4.07. The second kappa shape index (κ2) is 6.41. The zero-order valence-electron chi connectivity index (χ0n) is 14.4. The fourth-order valence-electron chi connectivity index (χ4n) is 3.90. The van der Waals surface area contributed by atoms with Crippen molar-refractivity contribution in [1.82, 2.24) is 8.96 Å². The molecule has 2 N–H and O–H groups in total. The van der Waals surface area contributed by atoms with Crippen molar-refractivity contribution < 1.29 is 10.0 Å². The van der Waals surface area contributed by atoms with Crippen LogP contribution in [-0.4, -0.2) is 34.2 Å². The van der Waals surface area contributed by atoms with Crippen LogP contribution in [0.1, 0.15) is 11.4 Å². The summed E-state index contributed by atoms with van der Waals surface area (Å²) in [6.07, 6.45) is 3.53. The van der Waals surface area contributed by atoms with Crippen molar-refractivity contribution in [2.75, 3.05) is 0 Å². The monoisotopic (exact) mass is 340 g/mol. The quantitative estimate of drug-likeness (QED) is 0.549. The maximum atomic E-state index is 9.95. The van der Waals surface area contributed by atoms with Gasteiger partial charge in [-0.05, 0) is 24.3 Å². The molecule has 4 aromatic rings. The molecule has 0 aliphatic rings. The van der Waals surface area contributed by atoms with Crippen molar-refractivity contribution in [2.24, 2.45) is 0 Å². The molecule has 4 nitrogen and oxygen atoms in total. The number of hydrogen-bond acceptors (Lipinski definition) is 2. The summed E-state index contributed by atoms with van der Waals surface area (Å²) in [7, 11) is -0.270. The molecule has 0 radical (unpaired) electrons. The Morgan fingerprint density at radius 1 is 0.692 bits per heavy atom. The van der Waals surface area contributed by atoms with Gasteiger partial charge in [-0.2, -0.15) is 0 Å². The number of benzene rings is 2. The molecule has 0 amide bonds. The van der Waals surface area contributed by atoms with Crippen molar-refractivity contribution >= 4 is 49.2 Å². The summed E-state index contributed by atoms with van der Waals surface area (Å²) < 4.78 is 3.69. The highest BCUT2D eigenvalue weighted by Gasteiger charge is 2.23. The normalized spacial score (nSPS) is 11.0. The van der Waals surface area contributed by atoms with Crippen LogP contribution < -0.4 is 0 Å². The summed E-state index contributed by atoms with van der Waals surface area (Å²) in [5.74, 6) is 0. The molecule has 2 heterocycles. The Labute approximate surface area is 152 Å². The Bertz CT molecular complexity index is 1070.